The third-order valence-corrected chi connectivity index (χ3v) is 3.88. The highest BCUT2D eigenvalue weighted by Crippen LogP contribution is 2.28. The maximum absolute atomic E-state index is 13.6. The van der Waals surface area contributed by atoms with Gasteiger partial charge >= 0.3 is 5.97 Å². The molecule has 3 rings (SSSR count). The molecule has 6 heteroatoms. The largest absolute Gasteiger partial charge is 0.507 e. The maximum Gasteiger partial charge on any atom is 0.343 e. The second-order valence-corrected chi connectivity index (χ2v) is 6.00. The normalized spacial score (nSPS) is 10.9. The van der Waals surface area contributed by atoms with Gasteiger partial charge in [0.25, 0.3) is 0 Å². The first-order valence-corrected chi connectivity index (χ1v) is 8.23. The lowest BCUT2D eigenvalue weighted by Crippen LogP contribution is -2.09. The molecule has 0 aliphatic carbocycles. The van der Waals surface area contributed by atoms with Crippen molar-refractivity contribution in [3.63, 3.8) is 0 Å². The predicted octanol–water partition coefficient (Wildman–Crippen LogP) is 5.78. The molecule has 27 heavy (non-hydrogen) atoms. The molecule has 0 saturated heterocycles. The van der Waals surface area contributed by atoms with Crippen molar-refractivity contribution in [3.8, 4) is 11.5 Å². The molecule has 0 aliphatic heterocycles. The van der Waals surface area contributed by atoms with Crippen molar-refractivity contribution >= 4 is 17.3 Å². The highest BCUT2D eigenvalue weighted by atomic mass is 19.1. The number of esters is 1. The number of carbonyl (C=O) groups is 1. The van der Waals surface area contributed by atoms with Crippen LogP contribution < -0.4 is 4.74 Å². The Bertz CT molecular complexity index is 1010. The van der Waals surface area contributed by atoms with Crippen LogP contribution in [0.3, 0.4) is 0 Å². The van der Waals surface area contributed by atoms with Crippen LogP contribution >= 0.6 is 0 Å². The second kappa shape index (κ2) is 7.78. The molecule has 0 amide bonds. The minimum atomic E-state index is -0.687. The van der Waals surface area contributed by atoms with Crippen molar-refractivity contribution in [1.29, 1.82) is 0 Å². The van der Waals surface area contributed by atoms with Crippen molar-refractivity contribution in [2.45, 2.75) is 13.8 Å². The van der Waals surface area contributed by atoms with E-state index in [1.54, 1.807) is 50.2 Å². The van der Waals surface area contributed by atoms with Gasteiger partial charge in [0.05, 0.1) is 16.9 Å². The highest BCUT2D eigenvalue weighted by molar-refractivity contribution is 5.91. The van der Waals surface area contributed by atoms with E-state index in [-0.39, 0.29) is 17.1 Å². The Balaban J connectivity index is 1.79. The average Bonchev–Trinajstić information content (AvgIpc) is 2.66. The number of benzene rings is 3. The molecular formula is C21H17FN2O3. The molecular weight excluding hydrogens is 347 g/mol. The summed E-state index contributed by atoms with van der Waals surface area (Å²) in [5.74, 6) is -1.20. The minimum Gasteiger partial charge on any atom is -0.507 e. The van der Waals surface area contributed by atoms with Crippen LogP contribution in [0.15, 0.2) is 70.9 Å². The summed E-state index contributed by atoms with van der Waals surface area (Å²) < 4.78 is 18.7. The van der Waals surface area contributed by atoms with E-state index in [1.807, 2.05) is 0 Å². The Labute approximate surface area is 155 Å². The van der Waals surface area contributed by atoms with Gasteiger partial charge in [0.2, 0.25) is 0 Å². The molecule has 0 radical (unpaired) electrons. The van der Waals surface area contributed by atoms with E-state index in [0.717, 1.165) is 0 Å². The first-order valence-electron chi connectivity index (χ1n) is 8.23. The van der Waals surface area contributed by atoms with E-state index in [2.05, 4.69) is 10.2 Å². The number of carbonyl (C=O) groups excluding carboxylic acids is 1. The molecule has 0 fully saturated rings. The van der Waals surface area contributed by atoms with E-state index in [0.29, 0.717) is 22.5 Å². The second-order valence-electron chi connectivity index (χ2n) is 6.00. The topological polar surface area (TPSA) is 71.2 Å². The zero-order chi connectivity index (χ0) is 19.4. The number of nitrogens with zero attached hydrogens (tertiary/aromatic N) is 2. The lowest BCUT2D eigenvalue weighted by atomic mass is 10.1. The first-order chi connectivity index (χ1) is 12.9. The van der Waals surface area contributed by atoms with Crippen LogP contribution in [0.25, 0.3) is 0 Å². The van der Waals surface area contributed by atoms with Gasteiger partial charge in [0, 0.05) is 0 Å². The van der Waals surface area contributed by atoms with Crippen molar-refractivity contribution in [2.24, 2.45) is 10.2 Å². The Kier molecular flexibility index (Phi) is 5.26. The standard InChI is InChI=1S/C21H17FN2O3/c1-13-10-17(11-14(2)20(13)25)24-23-16-7-5-6-15(12-16)21(26)27-19-9-4-3-8-18(19)22/h3-12,25H,1-2H3. The van der Waals surface area contributed by atoms with Gasteiger partial charge in [-0.25, -0.2) is 9.18 Å². The molecule has 3 aromatic rings. The third kappa shape index (κ3) is 4.36. The summed E-state index contributed by atoms with van der Waals surface area (Å²) in [5.41, 5.74) is 2.66. The van der Waals surface area contributed by atoms with Crippen molar-refractivity contribution in [1.82, 2.24) is 0 Å². The highest BCUT2D eigenvalue weighted by Gasteiger charge is 2.12. The number of halogens is 1. The van der Waals surface area contributed by atoms with Gasteiger partial charge in [-0.2, -0.15) is 10.2 Å². The molecule has 0 bridgehead atoms. The van der Waals surface area contributed by atoms with Crippen LogP contribution in [0.1, 0.15) is 21.5 Å². The molecule has 0 spiro atoms. The number of hydrogen-bond acceptors (Lipinski definition) is 5. The van der Waals surface area contributed by atoms with E-state index >= 15 is 0 Å². The lowest BCUT2D eigenvalue weighted by Gasteiger charge is -2.05. The fourth-order valence-electron chi connectivity index (χ4n) is 2.49. The summed E-state index contributed by atoms with van der Waals surface area (Å²) in [5, 5.41) is 18.1. The maximum atomic E-state index is 13.6. The van der Waals surface area contributed by atoms with Crippen molar-refractivity contribution in [3.05, 3.63) is 83.2 Å². The third-order valence-electron chi connectivity index (χ3n) is 3.88. The summed E-state index contributed by atoms with van der Waals surface area (Å²) in [7, 11) is 0. The van der Waals surface area contributed by atoms with Crippen LogP contribution in [0, 0.1) is 19.7 Å². The molecule has 0 heterocycles. The number of ether oxygens (including phenoxy) is 1. The molecule has 0 atom stereocenters. The predicted molar refractivity (Wildman–Crippen MR) is 99.6 cm³/mol. The quantitative estimate of drug-likeness (QED) is 0.362. The Morgan fingerprint density at radius 3 is 2.30 bits per heavy atom. The van der Waals surface area contributed by atoms with Crippen LogP contribution in [-0.2, 0) is 0 Å². The number of phenols is 1. The number of aryl methyl sites for hydroxylation is 2. The summed E-state index contributed by atoms with van der Waals surface area (Å²) in [4.78, 5) is 12.2. The summed E-state index contributed by atoms with van der Waals surface area (Å²) >= 11 is 0. The number of rotatable bonds is 4. The average molecular weight is 364 g/mol. The number of azo groups is 1. The van der Waals surface area contributed by atoms with Gasteiger partial charge in [-0.05, 0) is 67.4 Å². The number of phenolic OH excluding ortho intramolecular Hbond substituents is 1. The summed E-state index contributed by atoms with van der Waals surface area (Å²) in [6, 6.07) is 15.5. The van der Waals surface area contributed by atoms with E-state index in [1.165, 1.54) is 24.3 Å². The molecule has 3 aromatic carbocycles. The van der Waals surface area contributed by atoms with Gasteiger partial charge < -0.3 is 9.84 Å². The Morgan fingerprint density at radius 1 is 0.926 bits per heavy atom. The Hall–Kier alpha value is -3.54. The van der Waals surface area contributed by atoms with E-state index in [4.69, 9.17) is 4.74 Å². The fraction of sp³-hybridized carbons (Fsp3) is 0.0952. The smallest absolute Gasteiger partial charge is 0.343 e. The molecule has 0 aromatic heterocycles. The summed E-state index contributed by atoms with van der Waals surface area (Å²) in [6.07, 6.45) is 0. The number of para-hydroxylation sites is 1. The molecule has 0 aliphatic rings. The van der Waals surface area contributed by atoms with Gasteiger partial charge in [-0.3, -0.25) is 0 Å². The van der Waals surface area contributed by atoms with Gasteiger partial charge in [-0.15, -0.1) is 0 Å². The van der Waals surface area contributed by atoms with Crippen molar-refractivity contribution < 1.29 is 19.0 Å². The van der Waals surface area contributed by atoms with Crippen molar-refractivity contribution in [2.75, 3.05) is 0 Å². The Morgan fingerprint density at radius 2 is 1.59 bits per heavy atom. The molecule has 136 valence electrons. The molecule has 5 nitrogen and oxygen atoms in total. The SMILES string of the molecule is Cc1cc(N=Nc2cccc(C(=O)Oc3ccccc3F)c2)cc(C)c1O. The van der Waals surface area contributed by atoms with Gasteiger partial charge in [-0.1, -0.05) is 18.2 Å². The lowest BCUT2D eigenvalue weighted by molar-refractivity contribution is 0.0728. The number of hydrogen-bond donors (Lipinski definition) is 1. The fourth-order valence-corrected chi connectivity index (χ4v) is 2.49. The molecule has 1 N–H and O–H groups in total. The minimum absolute atomic E-state index is 0.135. The first kappa shape index (κ1) is 18.3. The van der Waals surface area contributed by atoms with Gasteiger partial charge in [0.15, 0.2) is 11.6 Å². The van der Waals surface area contributed by atoms with Gasteiger partial charge in [0.1, 0.15) is 5.75 Å². The van der Waals surface area contributed by atoms with Crippen LogP contribution in [0.5, 0.6) is 11.5 Å². The van der Waals surface area contributed by atoms with Crippen LogP contribution in [0.2, 0.25) is 0 Å². The zero-order valence-electron chi connectivity index (χ0n) is 14.8. The van der Waals surface area contributed by atoms with E-state index in [9.17, 15) is 14.3 Å². The summed E-state index contributed by atoms with van der Waals surface area (Å²) in [6.45, 7) is 3.56. The van der Waals surface area contributed by atoms with Crippen LogP contribution in [-0.4, -0.2) is 11.1 Å². The zero-order valence-corrected chi connectivity index (χ0v) is 14.8. The monoisotopic (exact) mass is 364 g/mol. The molecule has 0 saturated carbocycles. The molecule has 0 unspecified atom stereocenters. The van der Waals surface area contributed by atoms with Crippen LogP contribution in [0.4, 0.5) is 15.8 Å². The van der Waals surface area contributed by atoms with E-state index < -0.39 is 11.8 Å². The number of aromatic hydroxyl groups is 1.